The molecule has 3 nitrogen and oxygen atoms in total. The molecule has 1 fully saturated rings. The first-order valence-electron chi connectivity index (χ1n) is 4.48. The minimum atomic E-state index is -0.687. The summed E-state index contributed by atoms with van der Waals surface area (Å²) in [6, 6.07) is 0. The number of likely N-dealkylation sites (tertiary alicyclic amines) is 1. The first-order valence-corrected chi connectivity index (χ1v) is 4.48. The van der Waals surface area contributed by atoms with Crippen molar-refractivity contribution < 1.29 is 9.90 Å². The van der Waals surface area contributed by atoms with Gasteiger partial charge in [-0.05, 0) is 19.8 Å². The van der Waals surface area contributed by atoms with Crippen molar-refractivity contribution in [2.24, 2.45) is 5.41 Å². The Morgan fingerprint density at radius 3 is 2.54 bits per heavy atom. The molecule has 0 radical (unpaired) electrons. The standard InChI is InChI=1S/C10H15NO2/c1-3-6-11-7-4-10(2,5-8-11)9(12)13/h1H,4-8H2,2H3,(H,12,13). The van der Waals surface area contributed by atoms with Gasteiger partial charge in [-0.25, -0.2) is 0 Å². The van der Waals surface area contributed by atoms with E-state index >= 15 is 0 Å². The Balaban J connectivity index is 2.48. The van der Waals surface area contributed by atoms with E-state index in [1.807, 2.05) is 6.92 Å². The highest BCUT2D eigenvalue weighted by molar-refractivity contribution is 5.74. The van der Waals surface area contributed by atoms with Crippen LogP contribution < -0.4 is 0 Å². The lowest BCUT2D eigenvalue weighted by Gasteiger charge is -2.35. The average molecular weight is 181 g/mol. The van der Waals surface area contributed by atoms with E-state index in [9.17, 15) is 4.79 Å². The van der Waals surface area contributed by atoms with Crippen LogP contribution in [0, 0.1) is 17.8 Å². The van der Waals surface area contributed by atoms with Crippen molar-refractivity contribution in [1.82, 2.24) is 4.90 Å². The van der Waals surface area contributed by atoms with Gasteiger partial charge in [-0.1, -0.05) is 5.92 Å². The molecule has 13 heavy (non-hydrogen) atoms. The van der Waals surface area contributed by atoms with Crippen molar-refractivity contribution in [3.63, 3.8) is 0 Å². The molecule has 0 saturated carbocycles. The van der Waals surface area contributed by atoms with Gasteiger partial charge >= 0.3 is 5.97 Å². The summed E-state index contributed by atoms with van der Waals surface area (Å²) in [6.07, 6.45) is 6.58. The van der Waals surface area contributed by atoms with Gasteiger partial charge in [0.1, 0.15) is 0 Å². The Hall–Kier alpha value is -1.01. The first-order chi connectivity index (χ1) is 6.08. The third kappa shape index (κ3) is 2.22. The van der Waals surface area contributed by atoms with Crippen LogP contribution in [0.4, 0.5) is 0 Å². The Bertz CT molecular complexity index is 234. The lowest BCUT2D eigenvalue weighted by atomic mass is 9.80. The normalized spacial score (nSPS) is 22.2. The molecule has 0 aromatic heterocycles. The molecule has 0 unspecified atom stereocenters. The zero-order valence-electron chi connectivity index (χ0n) is 7.92. The summed E-state index contributed by atoms with van der Waals surface area (Å²) < 4.78 is 0. The SMILES string of the molecule is C#CCN1CCC(C)(C(=O)O)CC1. The van der Waals surface area contributed by atoms with Crippen LogP contribution in [0.3, 0.4) is 0 Å². The molecular formula is C10H15NO2. The maximum Gasteiger partial charge on any atom is 0.309 e. The van der Waals surface area contributed by atoms with E-state index in [0.717, 1.165) is 13.1 Å². The van der Waals surface area contributed by atoms with Gasteiger partial charge in [-0.3, -0.25) is 9.69 Å². The second-order valence-corrected chi connectivity index (χ2v) is 3.85. The number of nitrogens with zero attached hydrogens (tertiary/aromatic N) is 1. The molecule has 0 aromatic carbocycles. The van der Waals surface area contributed by atoms with Crippen LogP contribution in [0.5, 0.6) is 0 Å². The van der Waals surface area contributed by atoms with E-state index in [-0.39, 0.29) is 0 Å². The number of rotatable bonds is 2. The fourth-order valence-corrected chi connectivity index (χ4v) is 1.55. The van der Waals surface area contributed by atoms with Gasteiger partial charge in [0.15, 0.2) is 0 Å². The average Bonchev–Trinajstić information content (AvgIpc) is 2.09. The summed E-state index contributed by atoms with van der Waals surface area (Å²) in [5.41, 5.74) is -0.537. The van der Waals surface area contributed by atoms with E-state index in [1.54, 1.807) is 0 Å². The van der Waals surface area contributed by atoms with Crippen LogP contribution in [0.1, 0.15) is 19.8 Å². The Kier molecular flexibility index (Phi) is 2.94. The molecule has 1 heterocycles. The molecule has 0 spiro atoms. The molecule has 72 valence electrons. The Morgan fingerprint density at radius 1 is 1.62 bits per heavy atom. The van der Waals surface area contributed by atoms with Gasteiger partial charge in [0.05, 0.1) is 12.0 Å². The molecule has 0 atom stereocenters. The first kappa shape index (κ1) is 10.1. The highest BCUT2D eigenvalue weighted by Gasteiger charge is 2.36. The third-order valence-corrected chi connectivity index (χ3v) is 2.79. The number of hydrogen-bond acceptors (Lipinski definition) is 2. The molecule has 1 aliphatic heterocycles. The minimum absolute atomic E-state index is 0.537. The van der Waals surface area contributed by atoms with Crippen molar-refractivity contribution in [2.75, 3.05) is 19.6 Å². The van der Waals surface area contributed by atoms with Gasteiger partial charge in [0.25, 0.3) is 0 Å². The highest BCUT2D eigenvalue weighted by Crippen LogP contribution is 2.30. The van der Waals surface area contributed by atoms with Gasteiger partial charge in [-0.15, -0.1) is 6.42 Å². The predicted molar refractivity (Wildman–Crippen MR) is 50.2 cm³/mol. The molecule has 3 heteroatoms. The van der Waals surface area contributed by atoms with Crippen molar-refractivity contribution in [2.45, 2.75) is 19.8 Å². The number of carboxylic acid groups (broad SMARTS) is 1. The third-order valence-electron chi connectivity index (χ3n) is 2.79. The van der Waals surface area contributed by atoms with Crippen molar-refractivity contribution in [3.05, 3.63) is 0 Å². The zero-order chi connectivity index (χ0) is 9.90. The Labute approximate surface area is 78.7 Å². The number of aliphatic carboxylic acids is 1. The maximum absolute atomic E-state index is 10.9. The zero-order valence-corrected chi connectivity index (χ0v) is 7.92. The van der Waals surface area contributed by atoms with Crippen LogP contribution in [0.15, 0.2) is 0 Å². The molecule has 0 bridgehead atoms. The van der Waals surface area contributed by atoms with Gasteiger partial charge in [-0.2, -0.15) is 0 Å². The summed E-state index contributed by atoms with van der Waals surface area (Å²) in [5, 5.41) is 8.95. The quantitative estimate of drug-likeness (QED) is 0.641. The smallest absolute Gasteiger partial charge is 0.309 e. The summed E-state index contributed by atoms with van der Waals surface area (Å²) in [7, 11) is 0. The summed E-state index contributed by atoms with van der Waals surface area (Å²) >= 11 is 0. The molecule has 0 aliphatic carbocycles. The minimum Gasteiger partial charge on any atom is -0.481 e. The number of carboxylic acids is 1. The van der Waals surface area contributed by atoms with Crippen LogP contribution in [-0.4, -0.2) is 35.6 Å². The number of terminal acetylenes is 1. The monoisotopic (exact) mass is 181 g/mol. The summed E-state index contributed by atoms with van der Waals surface area (Å²) in [4.78, 5) is 13.0. The van der Waals surface area contributed by atoms with Crippen LogP contribution in [0.2, 0.25) is 0 Å². The van der Waals surface area contributed by atoms with Crippen LogP contribution >= 0.6 is 0 Å². The van der Waals surface area contributed by atoms with Crippen LogP contribution in [0.25, 0.3) is 0 Å². The second-order valence-electron chi connectivity index (χ2n) is 3.85. The van der Waals surface area contributed by atoms with E-state index in [1.165, 1.54) is 0 Å². The lowest BCUT2D eigenvalue weighted by Crippen LogP contribution is -2.42. The molecule has 1 aliphatic rings. The molecule has 1 rings (SSSR count). The fourth-order valence-electron chi connectivity index (χ4n) is 1.55. The Morgan fingerprint density at radius 2 is 2.15 bits per heavy atom. The maximum atomic E-state index is 10.9. The predicted octanol–water partition coefficient (Wildman–Crippen LogP) is 0.806. The molecule has 1 N–H and O–H groups in total. The van der Waals surface area contributed by atoms with E-state index in [4.69, 9.17) is 11.5 Å². The largest absolute Gasteiger partial charge is 0.481 e. The number of hydrogen-bond donors (Lipinski definition) is 1. The number of piperidine rings is 1. The topological polar surface area (TPSA) is 40.5 Å². The van der Waals surface area contributed by atoms with Crippen molar-refractivity contribution >= 4 is 5.97 Å². The van der Waals surface area contributed by atoms with Crippen molar-refractivity contribution in [1.29, 1.82) is 0 Å². The summed E-state index contributed by atoms with van der Waals surface area (Å²) in [6.45, 7) is 4.04. The van der Waals surface area contributed by atoms with Gasteiger partial charge in [0.2, 0.25) is 0 Å². The highest BCUT2D eigenvalue weighted by atomic mass is 16.4. The molecule has 1 saturated heterocycles. The van der Waals surface area contributed by atoms with Gasteiger partial charge in [0, 0.05) is 13.1 Å². The summed E-state index contributed by atoms with van der Waals surface area (Å²) in [5.74, 6) is 1.89. The second kappa shape index (κ2) is 3.80. The molecule has 0 amide bonds. The van der Waals surface area contributed by atoms with E-state index in [0.29, 0.717) is 19.4 Å². The van der Waals surface area contributed by atoms with Crippen LogP contribution in [-0.2, 0) is 4.79 Å². The lowest BCUT2D eigenvalue weighted by molar-refractivity contribution is -0.150. The van der Waals surface area contributed by atoms with E-state index in [2.05, 4.69) is 10.8 Å². The number of carbonyl (C=O) groups is 1. The molecule has 0 aromatic rings. The van der Waals surface area contributed by atoms with Crippen molar-refractivity contribution in [3.8, 4) is 12.3 Å². The fraction of sp³-hybridized carbons (Fsp3) is 0.700. The molecular weight excluding hydrogens is 166 g/mol. The van der Waals surface area contributed by atoms with Gasteiger partial charge < -0.3 is 5.11 Å². The van der Waals surface area contributed by atoms with E-state index < -0.39 is 11.4 Å².